The highest BCUT2D eigenvalue weighted by molar-refractivity contribution is 4.92. The highest BCUT2D eigenvalue weighted by Gasteiger charge is 2.35. The van der Waals surface area contributed by atoms with Crippen molar-refractivity contribution >= 4 is 0 Å². The van der Waals surface area contributed by atoms with Gasteiger partial charge in [0.05, 0.1) is 0 Å². The first kappa shape index (κ1) is 15.0. The maximum Gasteiger partial charge on any atom is 0.0174 e. The summed E-state index contributed by atoms with van der Waals surface area (Å²) in [7, 11) is 0. The number of hydrogen-bond acceptors (Lipinski definition) is 1. The highest BCUT2D eigenvalue weighted by atomic mass is 14.8. The molecule has 92 valence electrons. The minimum atomic E-state index is -0.0161. The zero-order chi connectivity index (χ0) is 11.9. The lowest BCUT2D eigenvalue weighted by Gasteiger charge is -2.41. The SMILES string of the molecule is CCCCCCCC(C)(C)C(C)(N)CC. The van der Waals surface area contributed by atoms with Gasteiger partial charge in [-0.1, -0.05) is 59.8 Å². The Hall–Kier alpha value is -0.0400. The van der Waals surface area contributed by atoms with E-state index in [1.807, 2.05) is 0 Å². The first-order chi connectivity index (χ1) is 6.87. The monoisotopic (exact) mass is 213 g/mol. The second kappa shape index (κ2) is 6.52. The summed E-state index contributed by atoms with van der Waals surface area (Å²) in [5, 5.41) is 0. The summed E-state index contributed by atoms with van der Waals surface area (Å²) >= 11 is 0. The van der Waals surface area contributed by atoms with Crippen LogP contribution in [-0.2, 0) is 0 Å². The molecular weight excluding hydrogens is 182 g/mol. The summed E-state index contributed by atoms with van der Waals surface area (Å²) in [4.78, 5) is 0. The molecule has 0 heterocycles. The van der Waals surface area contributed by atoms with E-state index in [-0.39, 0.29) is 11.0 Å². The fourth-order valence-electron chi connectivity index (χ4n) is 1.93. The summed E-state index contributed by atoms with van der Waals surface area (Å²) in [6.07, 6.45) is 9.13. The standard InChI is InChI=1S/C14H31N/c1-6-8-9-10-11-12-13(3,4)14(5,15)7-2/h6-12,15H2,1-5H3. The minimum absolute atomic E-state index is 0.0161. The third-order valence-corrected chi connectivity index (χ3v) is 4.19. The van der Waals surface area contributed by atoms with Crippen LogP contribution >= 0.6 is 0 Å². The van der Waals surface area contributed by atoms with Gasteiger partial charge in [0.25, 0.3) is 0 Å². The van der Waals surface area contributed by atoms with Gasteiger partial charge in [0.2, 0.25) is 0 Å². The van der Waals surface area contributed by atoms with Crippen molar-refractivity contribution < 1.29 is 0 Å². The molecule has 0 rings (SSSR count). The molecule has 0 aromatic heterocycles. The highest BCUT2D eigenvalue weighted by Crippen LogP contribution is 2.36. The van der Waals surface area contributed by atoms with Crippen LogP contribution in [0.1, 0.15) is 79.6 Å². The topological polar surface area (TPSA) is 26.0 Å². The minimum Gasteiger partial charge on any atom is -0.325 e. The largest absolute Gasteiger partial charge is 0.325 e. The van der Waals surface area contributed by atoms with Gasteiger partial charge < -0.3 is 5.73 Å². The Labute approximate surface area is 96.8 Å². The molecule has 0 aliphatic carbocycles. The van der Waals surface area contributed by atoms with Crippen LogP contribution in [-0.4, -0.2) is 5.54 Å². The van der Waals surface area contributed by atoms with Crippen LogP contribution < -0.4 is 5.73 Å². The molecule has 0 fully saturated rings. The lowest BCUT2D eigenvalue weighted by Crippen LogP contribution is -2.49. The van der Waals surface area contributed by atoms with E-state index >= 15 is 0 Å². The Morgan fingerprint density at radius 1 is 0.867 bits per heavy atom. The van der Waals surface area contributed by atoms with Crippen molar-refractivity contribution in [2.24, 2.45) is 11.1 Å². The normalized spacial score (nSPS) is 16.4. The lowest BCUT2D eigenvalue weighted by atomic mass is 9.69. The van der Waals surface area contributed by atoms with Crippen molar-refractivity contribution in [1.29, 1.82) is 0 Å². The van der Waals surface area contributed by atoms with E-state index < -0.39 is 0 Å². The first-order valence-electron chi connectivity index (χ1n) is 6.66. The Morgan fingerprint density at radius 3 is 1.87 bits per heavy atom. The molecule has 0 aromatic rings. The summed E-state index contributed by atoms with van der Waals surface area (Å²) in [6, 6.07) is 0. The van der Waals surface area contributed by atoms with E-state index in [9.17, 15) is 0 Å². The molecule has 0 saturated carbocycles. The van der Waals surface area contributed by atoms with Crippen LogP contribution in [0, 0.1) is 5.41 Å². The van der Waals surface area contributed by atoms with Gasteiger partial charge in [-0.15, -0.1) is 0 Å². The van der Waals surface area contributed by atoms with Gasteiger partial charge in [-0.25, -0.2) is 0 Å². The molecule has 1 heteroatoms. The van der Waals surface area contributed by atoms with Gasteiger partial charge in [0.15, 0.2) is 0 Å². The summed E-state index contributed by atoms with van der Waals surface area (Å²) < 4.78 is 0. The molecule has 0 saturated heterocycles. The first-order valence-corrected chi connectivity index (χ1v) is 6.66. The van der Waals surface area contributed by atoms with E-state index in [4.69, 9.17) is 5.73 Å². The van der Waals surface area contributed by atoms with Gasteiger partial charge in [-0.2, -0.15) is 0 Å². The fourth-order valence-corrected chi connectivity index (χ4v) is 1.93. The van der Waals surface area contributed by atoms with Crippen molar-refractivity contribution in [3.05, 3.63) is 0 Å². The Balaban J connectivity index is 3.84. The van der Waals surface area contributed by atoms with Crippen LogP contribution in [0.4, 0.5) is 0 Å². The molecule has 0 aliphatic heterocycles. The van der Waals surface area contributed by atoms with E-state index in [2.05, 4.69) is 34.6 Å². The third-order valence-electron chi connectivity index (χ3n) is 4.19. The molecule has 0 spiro atoms. The maximum atomic E-state index is 6.33. The Kier molecular flexibility index (Phi) is 6.51. The average molecular weight is 213 g/mol. The molecule has 0 bridgehead atoms. The zero-order valence-electron chi connectivity index (χ0n) is 11.5. The van der Waals surface area contributed by atoms with Crippen LogP contribution in [0.2, 0.25) is 0 Å². The van der Waals surface area contributed by atoms with Crippen molar-refractivity contribution in [1.82, 2.24) is 0 Å². The van der Waals surface area contributed by atoms with Gasteiger partial charge >= 0.3 is 0 Å². The van der Waals surface area contributed by atoms with E-state index in [1.165, 1.54) is 38.5 Å². The van der Waals surface area contributed by atoms with Crippen molar-refractivity contribution in [2.45, 2.75) is 85.1 Å². The molecule has 1 unspecified atom stereocenters. The third kappa shape index (κ3) is 5.01. The molecule has 1 atom stereocenters. The summed E-state index contributed by atoms with van der Waals surface area (Å²) in [5.41, 5.74) is 6.59. The Morgan fingerprint density at radius 2 is 1.40 bits per heavy atom. The maximum absolute atomic E-state index is 6.33. The summed E-state index contributed by atoms with van der Waals surface area (Å²) in [5.74, 6) is 0. The molecule has 1 nitrogen and oxygen atoms in total. The quantitative estimate of drug-likeness (QED) is 0.590. The molecular formula is C14H31N. The van der Waals surface area contributed by atoms with Crippen LogP contribution in [0.25, 0.3) is 0 Å². The second-order valence-corrected chi connectivity index (χ2v) is 5.82. The van der Waals surface area contributed by atoms with Crippen LogP contribution in [0.5, 0.6) is 0 Å². The van der Waals surface area contributed by atoms with Crippen LogP contribution in [0.3, 0.4) is 0 Å². The predicted octanol–water partition coefficient (Wildman–Crippen LogP) is 4.50. The molecule has 15 heavy (non-hydrogen) atoms. The average Bonchev–Trinajstić information content (AvgIpc) is 2.17. The van der Waals surface area contributed by atoms with E-state index in [0.717, 1.165) is 6.42 Å². The van der Waals surface area contributed by atoms with Gasteiger partial charge in [0, 0.05) is 5.54 Å². The van der Waals surface area contributed by atoms with Crippen molar-refractivity contribution in [3.8, 4) is 0 Å². The number of hydrogen-bond donors (Lipinski definition) is 1. The lowest BCUT2D eigenvalue weighted by molar-refractivity contribution is 0.157. The fraction of sp³-hybridized carbons (Fsp3) is 1.00. The van der Waals surface area contributed by atoms with Crippen molar-refractivity contribution in [2.75, 3.05) is 0 Å². The molecule has 0 amide bonds. The van der Waals surface area contributed by atoms with E-state index in [1.54, 1.807) is 0 Å². The zero-order valence-corrected chi connectivity index (χ0v) is 11.5. The second-order valence-electron chi connectivity index (χ2n) is 5.82. The van der Waals surface area contributed by atoms with Gasteiger partial charge in [-0.3, -0.25) is 0 Å². The molecule has 0 radical (unpaired) electrons. The predicted molar refractivity (Wildman–Crippen MR) is 70.0 cm³/mol. The Bertz CT molecular complexity index is 159. The summed E-state index contributed by atoms with van der Waals surface area (Å²) in [6.45, 7) is 11.3. The van der Waals surface area contributed by atoms with Gasteiger partial charge in [0.1, 0.15) is 0 Å². The van der Waals surface area contributed by atoms with E-state index in [0.29, 0.717) is 0 Å². The number of unbranched alkanes of at least 4 members (excludes halogenated alkanes) is 4. The number of rotatable bonds is 8. The van der Waals surface area contributed by atoms with Crippen molar-refractivity contribution in [3.63, 3.8) is 0 Å². The smallest absolute Gasteiger partial charge is 0.0174 e. The molecule has 0 aliphatic rings. The van der Waals surface area contributed by atoms with Gasteiger partial charge in [-0.05, 0) is 25.2 Å². The number of nitrogens with two attached hydrogens (primary N) is 1. The van der Waals surface area contributed by atoms with Crippen LogP contribution in [0.15, 0.2) is 0 Å². The molecule has 0 aromatic carbocycles. The molecule has 2 N–H and O–H groups in total.